The third-order valence-electron chi connectivity index (χ3n) is 4.10. The zero-order chi connectivity index (χ0) is 18.4. The first-order valence-electron chi connectivity index (χ1n) is 8.87. The molecule has 0 bridgehead atoms. The molecule has 140 valence electrons. The van der Waals surface area contributed by atoms with Gasteiger partial charge in [0.05, 0.1) is 0 Å². The molecule has 2 heterocycles. The van der Waals surface area contributed by atoms with Crippen molar-refractivity contribution in [1.29, 1.82) is 0 Å². The molecule has 2 aromatic rings. The molecule has 0 saturated carbocycles. The molecule has 1 unspecified atom stereocenters. The van der Waals surface area contributed by atoms with Crippen molar-refractivity contribution >= 4 is 0 Å². The first kappa shape index (κ1) is 18.4. The Kier molecular flexibility index (Phi) is 6.20. The lowest BCUT2D eigenvalue weighted by atomic mass is 10.1. The second kappa shape index (κ2) is 8.78. The van der Waals surface area contributed by atoms with Crippen LogP contribution < -0.4 is 30.0 Å². The van der Waals surface area contributed by atoms with Gasteiger partial charge in [-0.1, -0.05) is 24.3 Å². The minimum absolute atomic E-state index is 0.0170. The van der Waals surface area contributed by atoms with E-state index in [1.54, 1.807) is 0 Å². The fourth-order valence-electron chi connectivity index (χ4n) is 2.92. The number of para-hydroxylation sites is 2. The lowest BCUT2D eigenvalue weighted by molar-refractivity contribution is 0.169. The van der Waals surface area contributed by atoms with E-state index in [0.29, 0.717) is 26.4 Å². The Bertz CT molecular complexity index is 734. The average molecular weight is 358 g/mol. The number of rotatable bonds is 3. The number of benzene rings is 2. The number of hydrogen-bond donors (Lipinski definition) is 2. The number of fused-ring (bicyclic) bond motifs is 2. The summed E-state index contributed by atoms with van der Waals surface area (Å²) in [4.78, 5) is 0. The standard InChI is InChI=1S/2C10H13NO2/c1-11-7-8-3-2-4-9-10(8)13-6-5-12-9;1-7(11)8-3-2-4-9-10(8)13-6-5-12-9/h2-4,11H,5-7H2,1H3;2-4,7H,5-6,11H2,1H3. The summed E-state index contributed by atoms with van der Waals surface area (Å²) in [6.07, 6.45) is 0. The molecule has 4 rings (SSSR count). The highest BCUT2D eigenvalue weighted by atomic mass is 16.6. The van der Waals surface area contributed by atoms with Crippen molar-refractivity contribution in [2.24, 2.45) is 5.73 Å². The molecule has 0 spiro atoms. The molecule has 2 aliphatic rings. The fraction of sp³-hybridized carbons (Fsp3) is 0.400. The summed E-state index contributed by atoms with van der Waals surface area (Å²) in [5.74, 6) is 3.37. The van der Waals surface area contributed by atoms with E-state index in [9.17, 15) is 0 Å². The van der Waals surface area contributed by atoms with Crippen molar-refractivity contribution in [1.82, 2.24) is 5.32 Å². The van der Waals surface area contributed by atoms with Crippen molar-refractivity contribution in [3.05, 3.63) is 47.5 Å². The van der Waals surface area contributed by atoms with Gasteiger partial charge in [-0.25, -0.2) is 0 Å². The third kappa shape index (κ3) is 4.20. The second-order valence-corrected chi connectivity index (χ2v) is 6.13. The summed E-state index contributed by atoms with van der Waals surface area (Å²) < 4.78 is 21.9. The van der Waals surface area contributed by atoms with E-state index in [1.165, 1.54) is 0 Å². The van der Waals surface area contributed by atoms with Crippen LogP contribution in [0.3, 0.4) is 0 Å². The van der Waals surface area contributed by atoms with E-state index in [1.807, 2.05) is 50.4 Å². The zero-order valence-electron chi connectivity index (χ0n) is 15.3. The summed E-state index contributed by atoms with van der Waals surface area (Å²) in [5, 5.41) is 3.10. The SMILES string of the molecule is CC(N)c1cccc2c1OCCO2.CNCc1cccc2c1OCCO2. The summed E-state index contributed by atoms with van der Waals surface area (Å²) >= 11 is 0. The van der Waals surface area contributed by atoms with Crippen molar-refractivity contribution in [3.63, 3.8) is 0 Å². The maximum Gasteiger partial charge on any atom is 0.166 e. The lowest BCUT2D eigenvalue weighted by Gasteiger charge is -2.22. The molecule has 2 aromatic carbocycles. The van der Waals surface area contributed by atoms with Crippen LogP contribution in [0.15, 0.2) is 36.4 Å². The molecule has 6 heteroatoms. The molecular weight excluding hydrogens is 332 g/mol. The van der Waals surface area contributed by atoms with Crippen LogP contribution in [0, 0.1) is 0 Å². The van der Waals surface area contributed by atoms with Gasteiger partial charge in [0.15, 0.2) is 23.0 Å². The van der Waals surface area contributed by atoms with Crippen molar-refractivity contribution < 1.29 is 18.9 Å². The van der Waals surface area contributed by atoms with Gasteiger partial charge in [0.25, 0.3) is 0 Å². The normalized spacial score (nSPS) is 15.5. The molecular formula is C20H26N2O4. The van der Waals surface area contributed by atoms with Gasteiger partial charge in [-0.15, -0.1) is 0 Å². The van der Waals surface area contributed by atoms with Crippen molar-refractivity contribution in [3.8, 4) is 23.0 Å². The van der Waals surface area contributed by atoms with Crippen LogP contribution in [-0.4, -0.2) is 33.5 Å². The summed E-state index contributed by atoms with van der Waals surface area (Å²) in [6.45, 7) is 5.27. The summed E-state index contributed by atoms with van der Waals surface area (Å²) in [7, 11) is 1.92. The van der Waals surface area contributed by atoms with Crippen LogP contribution in [0.25, 0.3) is 0 Å². The highest BCUT2D eigenvalue weighted by Crippen LogP contribution is 2.36. The molecule has 6 nitrogen and oxygen atoms in total. The van der Waals surface area contributed by atoms with E-state index in [0.717, 1.165) is 40.7 Å². The highest BCUT2D eigenvalue weighted by Gasteiger charge is 2.17. The average Bonchev–Trinajstić information content (AvgIpc) is 2.68. The van der Waals surface area contributed by atoms with Crippen LogP contribution in [0.1, 0.15) is 24.1 Å². The van der Waals surface area contributed by atoms with Gasteiger partial charge in [0, 0.05) is 23.7 Å². The van der Waals surface area contributed by atoms with Gasteiger partial charge in [-0.3, -0.25) is 0 Å². The smallest absolute Gasteiger partial charge is 0.166 e. The van der Waals surface area contributed by atoms with Gasteiger partial charge in [0.2, 0.25) is 0 Å². The van der Waals surface area contributed by atoms with Gasteiger partial charge in [0.1, 0.15) is 26.4 Å². The Morgan fingerprint density at radius 3 is 2.12 bits per heavy atom. The summed E-state index contributed by atoms with van der Waals surface area (Å²) in [5.41, 5.74) is 7.97. The Morgan fingerprint density at radius 2 is 1.46 bits per heavy atom. The number of ether oxygens (including phenoxy) is 4. The van der Waals surface area contributed by atoms with Crippen LogP contribution >= 0.6 is 0 Å². The zero-order valence-corrected chi connectivity index (χ0v) is 15.3. The predicted octanol–water partition coefficient (Wildman–Crippen LogP) is 2.65. The Labute approximate surface area is 154 Å². The van der Waals surface area contributed by atoms with E-state index < -0.39 is 0 Å². The molecule has 26 heavy (non-hydrogen) atoms. The summed E-state index contributed by atoms with van der Waals surface area (Å²) in [6, 6.07) is 11.8. The van der Waals surface area contributed by atoms with Crippen LogP contribution in [0.2, 0.25) is 0 Å². The molecule has 0 radical (unpaired) electrons. The van der Waals surface area contributed by atoms with E-state index in [-0.39, 0.29) is 6.04 Å². The topological polar surface area (TPSA) is 75.0 Å². The lowest BCUT2D eigenvalue weighted by Crippen LogP contribution is -2.18. The van der Waals surface area contributed by atoms with Gasteiger partial charge < -0.3 is 30.0 Å². The number of nitrogens with two attached hydrogens (primary N) is 1. The minimum atomic E-state index is -0.0170. The predicted molar refractivity (Wildman–Crippen MR) is 100 cm³/mol. The van der Waals surface area contributed by atoms with Gasteiger partial charge in [-0.05, 0) is 26.1 Å². The fourth-order valence-corrected chi connectivity index (χ4v) is 2.92. The molecule has 2 aliphatic heterocycles. The van der Waals surface area contributed by atoms with Crippen molar-refractivity contribution in [2.45, 2.75) is 19.5 Å². The number of nitrogens with one attached hydrogen (secondary N) is 1. The molecule has 3 N–H and O–H groups in total. The second-order valence-electron chi connectivity index (χ2n) is 6.13. The Hall–Kier alpha value is -2.44. The van der Waals surface area contributed by atoms with Crippen LogP contribution in [0.4, 0.5) is 0 Å². The van der Waals surface area contributed by atoms with Crippen LogP contribution in [-0.2, 0) is 6.54 Å². The molecule has 0 saturated heterocycles. The number of hydrogen-bond acceptors (Lipinski definition) is 6. The van der Waals surface area contributed by atoms with E-state index in [4.69, 9.17) is 24.7 Å². The maximum atomic E-state index is 5.80. The largest absolute Gasteiger partial charge is 0.486 e. The highest BCUT2D eigenvalue weighted by molar-refractivity contribution is 5.48. The van der Waals surface area contributed by atoms with Crippen LogP contribution in [0.5, 0.6) is 23.0 Å². The van der Waals surface area contributed by atoms with E-state index >= 15 is 0 Å². The Morgan fingerprint density at radius 1 is 0.885 bits per heavy atom. The molecule has 0 fully saturated rings. The van der Waals surface area contributed by atoms with E-state index in [2.05, 4.69) is 5.32 Å². The minimum Gasteiger partial charge on any atom is -0.486 e. The quantitative estimate of drug-likeness (QED) is 0.879. The molecule has 1 atom stereocenters. The Balaban J connectivity index is 0.000000151. The first-order valence-corrected chi connectivity index (χ1v) is 8.87. The maximum absolute atomic E-state index is 5.80. The van der Waals surface area contributed by atoms with Gasteiger partial charge >= 0.3 is 0 Å². The molecule has 0 aromatic heterocycles. The van der Waals surface area contributed by atoms with Crippen molar-refractivity contribution in [2.75, 3.05) is 33.5 Å². The first-order chi connectivity index (χ1) is 12.7. The molecule has 0 amide bonds. The van der Waals surface area contributed by atoms with Gasteiger partial charge in [-0.2, -0.15) is 0 Å². The third-order valence-corrected chi connectivity index (χ3v) is 4.10. The monoisotopic (exact) mass is 358 g/mol. The molecule has 0 aliphatic carbocycles.